The summed E-state index contributed by atoms with van der Waals surface area (Å²) in [4.78, 5) is 0. The zero-order valence-electron chi connectivity index (χ0n) is 15.5. The van der Waals surface area contributed by atoms with Gasteiger partial charge in [0.1, 0.15) is 0 Å². The molecule has 0 radical (unpaired) electrons. The Labute approximate surface area is 145 Å². The Morgan fingerprint density at radius 2 is 0.913 bits per heavy atom. The van der Waals surface area contributed by atoms with E-state index in [0.717, 1.165) is 5.41 Å². The van der Waals surface area contributed by atoms with Crippen LogP contribution in [0.4, 0.5) is 0 Å². The Hall–Kier alpha value is 0. The molecule has 0 aliphatic heterocycles. The Morgan fingerprint density at radius 1 is 0.435 bits per heavy atom. The van der Waals surface area contributed by atoms with Crippen molar-refractivity contribution < 1.29 is 0 Å². The highest BCUT2D eigenvalue weighted by Gasteiger charge is 2.43. The van der Waals surface area contributed by atoms with Gasteiger partial charge in [0.2, 0.25) is 0 Å². The summed E-state index contributed by atoms with van der Waals surface area (Å²) in [5, 5.41) is 0. The van der Waals surface area contributed by atoms with E-state index in [0.29, 0.717) is 0 Å². The second-order valence-electron chi connectivity index (χ2n) is 10.1. The van der Waals surface area contributed by atoms with E-state index in [2.05, 4.69) is 0 Å². The summed E-state index contributed by atoms with van der Waals surface area (Å²) in [6.45, 7) is 0. The van der Waals surface area contributed by atoms with Crippen LogP contribution in [-0.2, 0) is 0 Å². The minimum atomic E-state index is 0.944. The molecule has 132 valence electrons. The highest BCUT2D eigenvalue weighted by Crippen LogP contribution is 2.57. The third-order valence-corrected chi connectivity index (χ3v) is 8.47. The molecule has 6 rings (SSSR count). The SMILES string of the molecule is C1CC2CCC1C2.C1CCC2(C1)CC2.C1CCC2CCCC2C1. The summed E-state index contributed by atoms with van der Waals surface area (Å²) < 4.78 is 0. The smallest absolute Gasteiger partial charge is 0.0297 e. The van der Waals surface area contributed by atoms with Crippen molar-refractivity contribution in [2.45, 2.75) is 116 Å². The van der Waals surface area contributed by atoms with Crippen LogP contribution in [0.2, 0.25) is 0 Å². The van der Waals surface area contributed by atoms with E-state index >= 15 is 0 Å². The van der Waals surface area contributed by atoms with Gasteiger partial charge in [-0.2, -0.15) is 0 Å². The molecule has 0 amide bonds. The van der Waals surface area contributed by atoms with Crippen molar-refractivity contribution in [3.63, 3.8) is 0 Å². The van der Waals surface area contributed by atoms with Gasteiger partial charge < -0.3 is 0 Å². The van der Waals surface area contributed by atoms with Crippen LogP contribution >= 0.6 is 0 Å². The Bertz CT molecular complexity index is 328. The molecule has 0 heteroatoms. The Balaban J connectivity index is 0.0000000891. The largest absolute Gasteiger partial charge is 0.0530 e. The van der Waals surface area contributed by atoms with Gasteiger partial charge in [-0.1, -0.05) is 83.5 Å². The maximum atomic E-state index is 1.58. The number of hydrogen-bond donors (Lipinski definition) is 0. The fraction of sp³-hybridized carbons (Fsp3) is 1.00. The molecule has 2 unspecified atom stereocenters. The maximum Gasteiger partial charge on any atom is -0.0297 e. The lowest BCUT2D eigenvalue weighted by atomic mass is 9.82. The molecular formula is C23H40. The molecule has 6 saturated carbocycles. The lowest BCUT2D eigenvalue weighted by Crippen LogP contribution is -2.12. The molecule has 0 N–H and O–H groups in total. The Kier molecular flexibility index (Phi) is 5.36. The minimum absolute atomic E-state index is 0.944. The zero-order valence-corrected chi connectivity index (χ0v) is 15.5. The van der Waals surface area contributed by atoms with Crippen LogP contribution in [0.1, 0.15) is 116 Å². The predicted octanol–water partition coefficient (Wildman–Crippen LogP) is 7.51. The fourth-order valence-electron chi connectivity index (χ4n) is 6.66. The summed E-state index contributed by atoms with van der Waals surface area (Å²) in [7, 11) is 0. The molecule has 23 heavy (non-hydrogen) atoms. The molecular weight excluding hydrogens is 276 g/mol. The first kappa shape index (κ1) is 16.5. The first-order chi connectivity index (χ1) is 11.3. The first-order valence-electron chi connectivity index (χ1n) is 11.3. The van der Waals surface area contributed by atoms with Crippen LogP contribution in [-0.4, -0.2) is 0 Å². The topological polar surface area (TPSA) is 0 Å². The minimum Gasteiger partial charge on any atom is -0.0530 e. The van der Waals surface area contributed by atoms with Gasteiger partial charge in [-0.15, -0.1) is 0 Å². The van der Waals surface area contributed by atoms with E-state index in [9.17, 15) is 0 Å². The average molecular weight is 317 g/mol. The molecule has 0 aromatic heterocycles. The standard InChI is InChI=1S/C9H16.2C7H12/c1-2-5-9-7-3-6-8(9)4-1;1-2-7-4-3-6(1)5-7;1-2-4-7(3-1)5-6-7/h8-9H,1-7H2;6-7H,1-5H2;1-6H2. The highest BCUT2D eigenvalue weighted by molar-refractivity contribution is 4.96. The number of hydrogen-bond acceptors (Lipinski definition) is 0. The third-order valence-electron chi connectivity index (χ3n) is 8.47. The second kappa shape index (κ2) is 7.49. The maximum absolute atomic E-state index is 1.58. The molecule has 6 aliphatic rings. The van der Waals surface area contributed by atoms with Crippen LogP contribution in [0.15, 0.2) is 0 Å². The molecule has 6 aliphatic carbocycles. The van der Waals surface area contributed by atoms with E-state index in [1.165, 1.54) is 55.8 Å². The highest BCUT2D eigenvalue weighted by atomic mass is 14.5. The summed E-state index contributed by atoms with van der Waals surface area (Å²) in [5.41, 5.74) is 0.944. The molecule has 6 fully saturated rings. The molecule has 0 saturated heterocycles. The normalized spacial score (nSPS) is 41.7. The second-order valence-corrected chi connectivity index (χ2v) is 10.1. The van der Waals surface area contributed by atoms with Crippen LogP contribution in [0, 0.1) is 29.1 Å². The summed E-state index contributed by atoms with van der Waals surface area (Å²) in [6.07, 6.45) is 28.0. The molecule has 2 bridgehead atoms. The summed E-state index contributed by atoms with van der Waals surface area (Å²) in [5.74, 6) is 4.67. The van der Waals surface area contributed by atoms with Crippen molar-refractivity contribution in [1.82, 2.24) is 0 Å². The molecule has 2 atom stereocenters. The summed E-state index contributed by atoms with van der Waals surface area (Å²) >= 11 is 0. The van der Waals surface area contributed by atoms with Gasteiger partial charge in [0, 0.05) is 0 Å². The Morgan fingerprint density at radius 3 is 1.26 bits per heavy atom. The van der Waals surface area contributed by atoms with E-state index in [4.69, 9.17) is 0 Å². The van der Waals surface area contributed by atoms with Gasteiger partial charge >= 0.3 is 0 Å². The van der Waals surface area contributed by atoms with Gasteiger partial charge in [-0.05, 0) is 61.2 Å². The number of rotatable bonds is 0. The molecule has 0 nitrogen and oxygen atoms in total. The van der Waals surface area contributed by atoms with Gasteiger partial charge in [-0.3, -0.25) is 0 Å². The van der Waals surface area contributed by atoms with Crippen LogP contribution < -0.4 is 0 Å². The monoisotopic (exact) mass is 316 g/mol. The lowest BCUT2D eigenvalue weighted by molar-refractivity contribution is 0.277. The van der Waals surface area contributed by atoms with Gasteiger partial charge in [-0.25, -0.2) is 0 Å². The summed E-state index contributed by atoms with van der Waals surface area (Å²) in [6, 6.07) is 0. The van der Waals surface area contributed by atoms with E-state index in [1.807, 2.05) is 0 Å². The molecule has 1 spiro atoms. The molecule has 0 aromatic rings. The lowest BCUT2D eigenvalue weighted by Gasteiger charge is -2.24. The van der Waals surface area contributed by atoms with E-state index in [1.54, 1.807) is 83.5 Å². The molecule has 0 aromatic carbocycles. The van der Waals surface area contributed by atoms with Crippen molar-refractivity contribution in [3.05, 3.63) is 0 Å². The van der Waals surface area contributed by atoms with Crippen LogP contribution in [0.25, 0.3) is 0 Å². The van der Waals surface area contributed by atoms with Crippen molar-refractivity contribution >= 4 is 0 Å². The van der Waals surface area contributed by atoms with Crippen molar-refractivity contribution in [2.75, 3.05) is 0 Å². The van der Waals surface area contributed by atoms with E-state index < -0.39 is 0 Å². The van der Waals surface area contributed by atoms with Crippen molar-refractivity contribution in [3.8, 4) is 0 Å². The first-order valence-corrected chi connectivity index (χ1v) is 11.3. The van der Waals surface area contributed by atoms with Crippen LogP contribution in [0.5, 0.6) is 0 Å². The average Bonchev–Trinajstić information content (AvgIpc) is 3.12. The number of fused-ring (bicyclic) bond motifs is 3. The van der Waals surface area contributed by atoms with Crippen molar-refractivity contribution in [1.29, 1.82) is 0 Å². The van der Waals surface area contributed by atoms with Gasteiger partial charge in [0.05, 0.1) is 0 Å². The quantitative estimate of drug-likeness (QED) is 0.433. The van der Waals surface area contributed by atoms with E-state index in [-0.39, 0.29) is 0 Å². The predicted molar refractivity (Wildman–Crippen MR) is 99.5 cm³/mol. The van der Waals surface area contributed by atoms with Crippen molar-refractivity contribution in [2.24, 2.45) is 29.1 Å². The van der Waals surface area contributed by atoms with Crippen LogP contribution in [0.3, 0.4) is 0 Å². The molecule has 0 heterocycles. The zero-order chi connectivity index (χ0) is 15.5. The van der Waals surface area contributed by atoms with Gasteiger partial charge in [0.15, 0.2) is 0 Å². The van der Waals surface area contributed by atoms with Gasteiger partial charge in [0.25, 0.3) is 0 Å². The fourth-order valence-corrected chi connectivity index (χ4v) is 6.66. The third kappa shape index (κ3) is 4.35.